The van der Waals surface area contributed by atoms with Gasteiger partial charge < -0.3 is 19.1 Å². The molecular formula is C22H29FN3O8P. The molecule has 1 aliphatic rings. The van der Waals surface area contributed by atoms with Crippen molar-refractivity contribution in [2.24, 2.45) is 0 Å². The lowest BCUT2D eigenvalue weighted by molar-refractivity contribution is -0.146. The van der Waals surface area contributed by atoms with Gasteiger partial charge in [0.05, 0.1) is 12.7 Å². The maximum Gasteiger partial charge on any atom is 0.459 e. The summed E-state index contributed by atoms with van der Waals surface area (Å²) in [6.07, 6.45) is -3.64. The zero-order valence-electron chi connectivity index (χ0n) is 19.8. The number of esters is 1. The van der Waals surface area contributed by atoms with Crippen LogP contribution in [0, 0.1) is 6.92 Å². The molecule has 1 fully saturated rings. The maximum absolute atomic E-state index is 15.4. The minimum absolute atomic E-state index is 0.180. The van der Waals surface area contributed by atoms with E-state index in [4.69, 9.17) is 18.5 Å². The van der Waals surface area contributed by atoms with Crippen LogP contribution in [0.15, 0.2) is 47.4 Å². The highest BCUT2D eigenvalue weighted by Crippen LogP contribution is 2.46. The van der Waals surface area contributed by atoms with Crippen LogP contribution in [0.5, 0.6) is 5.75 Å². The number of benzene rings is 1. The predicted octanol–water partition coefficient (Wildman–Crippen LogP) is 2.28. The number of aliphatic hydroxyl groups excluding tert-OH is 1. The second kappa shape index (κ2) is 11.0. The van der Waals surface area contributed by atoms with Gasteiger partial charge in [-0.05, 0) is 45.9 Å². The number of ether oxygens (including phenoxy) is 2. The van der Waals surface area contributed by atoms with Crippen molar-refractivity contribution in [2.45, 2.75) is 57.9 Å². The number of halogens is 1. The van der Waals surface area contributed by atoms with Gasteiger partial charge in [-0.25, -0.2) is 18.8 Å². The summed E-state index contributed by atoms with van der Waals surface area (Å²) in [5, 5.41) is 13.0. The minimum atomic E-state index is -4.21. The molecule has 1 aromatic heterocycles. The van der Waals surface area contributed by atoms with Crippen LogP contribution in [0.2, 0.25) is 0 Å². The molecule has 1 aliphatic heterocycles. The van der Waals surface area contributed by atoms with E-state index >= 15 is 4.39 Å². The number of aromatic nitrogens is 2. The number of nitrogens with one attached hydrogen (secondary N) is 1. The molecule has 0 aliphatic carbocycles. The van der Waals surface area contributed by atoms with Crippen LogP contribution < -0.4 is 15.3 Å². The Morgan fingerprint density at radius 1 is 1.34 bits per heavy atom. The Labute approximate surface area is 201 Å². The maximum atomic E-state index is 15.4. The quantitative estimate of drug-likeness (QED) is 0.359. The monoisotopic (exact) mass is 513 g/mol. The van der Waals surface area contributed by atoms with Gasteiger partial charge in [-0.15, -0.1) is 0 Å². The second-order valence-electron chi connectivity index (χ2n) is 8.45. The first-order valence-electron chi connectivity index (χ1n) is 10.9. The standard InChI is InChI=1S/C22H29FN3O8P/c1-14(2)32-18(27)12-24-35(30,34-16-8-6-5-7-9-16)31-13-17-19(28)22(4,23)20(33-17)26-11-10-15(3)25-21(26)29/h5-11,14,17,19-20,28H,12-13H2,1-4H3,(H,24,30)/t17-,19-,20-,22-,35?/m1/s1. The van der Waals surface area contributed by atoms with Crippen molar-refractivity contribution in [3.63, 3.8) is 0 Å². The lowest BCUT2D eigenvalue weighted by Crippen LogP contribution is -2.43. The summed E-state index contributed by atoms with van der Waals surface area (Å²) >= 11 is 0. The molecule has 5 atom stereocenters. The summed E-state index contributed by atoms with van der Waals surface area (Å²) in [6, 6.07) is 9.55. The molecule has 3 rings (SSSR count). The summed E-state index contributed by atoms with van der Waals surface area (Å²) in [4.78, 5) is 27.9. The topological polar surface area (TPSA) is 138 Å². The van der Waals surface area contributed by atoms with E-state index in [1.807, 2.05) is 0 Å². The highest BCUT2D eigenvalue weighted by molar-refractivity contribution is 7.52. The number of aliphatic hydroxyl groups is 1. The van der Waals surface area contributed by atoms with Gasteiger partial charge in [0, 0.05) is 11.9 Å². The van der Waals surface area contributed by atoms with Crippen molar-refractivity contribution in [2.75, 3.05) is 13.2 Å². The van der Waals surface area contributed by atoms with Crippen LogP contribution >= 0.6 is 7.75 Å². The fourth-order valence-electron chi connectivity index (χ4n) is 3.39. The van der Waals surface area contributed by atoms with Crippen molar-refractivity contribution in [3.05, 3.63) is 58.8 Å². The molecule has 0 saturated carbocycles. The van der Waals surface area contributed by atoms with Crippen LogP contribution in [-0.4, -0.2) is 57.8 Å². The molecule has 0 amide bonds. The first-order chi connectivity index (χ1) is 16.4. The fraction of sp³-hybridized carbons (Fsp3) is 0.500. The molecule has 1 aromatic carbocycles. The molecule has 0 bridgehead atoms. The Bertz CT molecular complexity index is 1130. The summed E-state index contributed by atoms with van der Waals surface area (Å²) in [7, 11) is -4.21. The van der Waals surface area contributed by atoms with Crippen molar-refractivity contribution in [1.82, 2.24) is 14.6 Å². The number of aryl methyl sites for hydroxylation is 1. The molecule has 0 radical (unpaired) electrons. The zero-order valence-corrected chi connectivity index (χ0v) is 20.7. The summed E-state index contributed by atoms with van der Waals surface area (Å²) < 4.78 is 51.2. The van der Waals surface area contributed by atoms with Gasteiger partial charge in [-0.2, -0.15) is 4.98 Å². The first-order valence-corrected chi connectivity index (χ1v) is 12.5. The fourth-order valence-corrected chi connectivity index (χ4v) is 4.66. The van der Waals surface area contributed by atoms with Gasteiger partial charge in [0.2, 0.25) is 0 Å². The molecule has 13 heteroatoms. The Balaban J connectivity index is 1.75. The predicted molar refractivity (Wildman–Crippen MR) is 123 cm³/mol. The number of hydrogen-bond donors (Lipinski definition) is 2. The third-order valence-corrected chi connectivity index (χ3v) is 6.59. The van der Waals surface area contributed by atoms with Crippen LogP contribution in [0.3, 0.4) is 0 Å². The Morgan fingerprint density at radius 2 is 2.03 bits per heavy atom. The van der Waals surface area contributed by atoms with Gasteiger partial charge in [-0.3, -0.25) is 13.9 Å². The van der Waals surface area contributed by atoms with E-state index in [-0.39, 0.29) is 11.9 Å². The molecule has 1 saturated heterocycles. The van der Waals surface area contributed by atoms with E-state index in [1.165, 1.54) is 24.4 Å². The van der Waals surface area contributed by atoms with Gasteiger partial charge in [0.25, 0.3) is 0 Å². The van der Waals surface area contributed by atoms with E-state index in [0.717, 1.165) is 11.5 Å². The number of para-hydroxylation sites is 1. The molecule has 35 heavy (non-hydrogen) atoms. The summed E-state index contributed by atoms with van der Waals surface area (Å²) in [6.45, 7) is 4.93. The minimum Gasteiger partial charge on any atom is -0.462 e. The van der Waals surface area contributed by atoms with E-state index in [0.29, 0.717) is 5.69 Å². The highest BCUT2D eigenvalue weighted by atomic mass is 31.2. The molecule has 1 unspecified atom stereocenters. The van der Waals surface area contributed by atoms with Gasteiger partial charge in [0.15, 0.2) is 11.9 Å². The zero-order chi connectivity index (χ0) is 25.8. The van der Waals surface area contributed by atoms with Crippen LogP contribution in [0.4, 0.5) is 4.39 Å². The molecule has 2 N–H and O–H groups in total. The lowest BCUT2D eigenvalue weighted by Gasteiger charge is -2.25. The Kier molecular flexibility index (Phi) is 8.45. The molecule has 2 heterocycles. The number of carbonyl (C=O) groups is 1. The van der Waals surface area contributed by atoms with Crippen LogP contribution in [0.1, 0.15) is 32.7 Å². The Morgan fingerprint density at radius 3 is 2.66 bits per heavy atom. The SMILES string of the molecule is Cc1ccn([C@@H]2O[C@H](COP(=O)(NCC(=O)OC(C)C)Oc3ccccc3)[C@@H](O)[C@@]2(C)F)c(=O)n1. The van der Waals surface area contributed by atoms with Gasteiger partial charge in [-0.1, -0.05) is 18.2 Å². The lowest BCUT2D eigenvalue weighted by atomic mass is 9.98. The normalized spacial score (nSPS) is 25.9. The number of hydrogen-bond acceptors (Lipinski definition) is 9. The summed E-state index contributed by atoms with van der Waals surface area (Å²) in [5.41, 5.74) is -2.71. The third kappa shape index (κ3) is 6.74. The smallest absolute Gasteiger partial charge is 0.459 e. The van der Waals surface area contributed by atoms with E-state index in [2.05, 4.69) is 10.1 Å². The second-order valence-corrected chi connectivity index (χ2v) is 10.2. The largest absolute Gasteiger partial charge is 0.462 e. The number of rotatable bonds is 10. The number of carbonyl (C=O) groups excluding carboxylic acids is 1. The van der Waals surface area contributed by atoms with Crippen LogP contribution in [0.25, 0.3) is 0 Å². The van der Waals surface area contributed by atoms with Crippen molar-refractivity contribution in [1.29, 1.82) is 0 Å². The highest BCUT2D eigenvalue weighted by Gasteiger charge is 2.55. The van der Waals surface area contributed by atoms with E-state index in [1.54, 1.807) is 39.0 Å². The summed E-state index contributed by atoms with van der Waals surface area (Å²) in [5.74, 6) is -0.515. The van der Waals surface area contributed by atoms with Crippen molar-refractivity contribution < 1.29 is 37.4 Å². The molecule has 192 valence electrons. The molecular weight excluding hydrogens is 484 g/mol. The van der Waals surface area contributed by atoms with Crippen molar-refractivity contribution in [3.8, 4) is 5.75 Å². The first kappa shape index (κ1) is 27.0. The van der Waals surface area contributed by atoms with Gasteiger partial charge >= 0.3 is 19.4 Å². The Hall–Kier alpha value is -2.63. The molecule has 2 aromatic rings. The van der Waals surface area contributed by atoms with Crippen molar-refractivity contribution >= 4 is 13.7 Å². The number of nitrogens with zero attached hydrogens (tertiary/aromatic N) is 2. The average molecular weight is 513 g/mol. The van der Waals surface area contributed by atoms with E-state index < -0.39 is 56.7 Å². The number of alkyl halides is 1. The molecule has 11 nitrogen and oxygen atoms in total. The third-order valence-electron chi connectivity index (χ3n) is 5.10. The van der Waals surface area contributed by atoms with Crippen LogP contribution in [-0.2, 0) is 23.4 Å². The average Bonchev–Trinajstić information content (AvgIpc) is 3.00. The molecule has 0 spiro atoms. The van der Waals surface area contributed by atoms with Gasteiger partial charge in [0.1, 0.15) is 24.5 Å². The van der Waals surface area contributed by atoms with E-state index in [9.17, 15) is 19.3 Å².